The third kappa shape index (κ3) is 2.20. The van der Waals surface area contributed by atoms with Crippen molar-refractivity contribution in [2.75, 3.05) is 7.11 Å². The average Bonchev–Trinajstić information content (AvgIpc) is 2.39. The molecule has 4 nitrogen and oxygen atoms in total. The van der Waals surface area contributed by atoms with Gasteiger partial charge in [0.05, 0.1) is 7.11 Å². The lowest BCUT2D eigenvalue weighted by atomic mass is 10.1. The van der Waals surface area contributed by atoms with E-state index in [0.29, 0.717) is 12.2 Å². The summed E-state index contributed by atoms with van der Waals surface area (Å²) in [6.07, 6.45) is 3.33. The van der Waals surface area contributed by atoms with Crippen LogP contribution in [0.25, 0.3) is 11.3 Å². The maximum atomic E-state index is 12.0. The molecule has 4 heteroatoms. The summed E-state index contributed by atoms with van der Waals surface area (Å²) in [5.41, 5.74) is 1.20. The Bertz CT molecular complexity index is 558. The molecule has 0 amide bonds. The summed E-state index contributed by atoms with van der Waals surface area (Å²) in [6, 6.07) is 7.31. The zero-order valence-corrected chi connectivity index (χ0v) is 9.88. The SMILES string of the molecule is CCn1ccnc(-c2ccc(OC)cc2)c1=O. The molecule has 88 valence electrons. The number of hydrogen-bond acceptors (Lipinski definition) is 3. The number of hydrogen-bond donors (Lipinski definition) is 0. The quantitative estimate of drug-likeness (QED) is 0.809. The second kappa shape index (κ2) is 4.82. The summed E-state index contributed by atoms with van der Waals surface area (Å²) in [5.74, 6) is 0.764. The molecule has 1 aromatic carbocycles. The Kier molecular flexibility index (Phi) is 3.23. The highest BCUT2D eigenvalue weighted by Gasteiger charge is 2.06. The first kappa shape index (κ1) is 11.4. The fourth-order valence-electron chi connectivity index (χ4n) is 1.64. The van der Waals surface area contributed by atoms with Crippen LogP contribution in [-0.4, -0.2) is 16.7 Å². The van der Waals surface area contributed by atoms with Crippen molar-refractivity contribution in [3.63, 3.8) is 0 Å². The average molecular weight is 230 g/mol. The maximum Gasteiger partial charge on any atom is 0.277 e. The van der Waals surface area contributed by atoms with E-state index < -0.39 is 0 Å². The first-order valence-corrected chi connectivity index (χ1v) is 5.46. The first-order chi connectivity index (χ1) is 8.26. The summed E-state index contributed by atoms with van der Waals surface area (Å²) in [6.45, 7) is 2.57. The van der Waals surface area contributed by atoms with Crippen molar-refractivity contribution in [3.05, 3.63) is 47.0 Å². The second-order valence-electron chi connectivity index (χ2n) is 3.60. The van der Waals surface area contributed by atoms with Gasteiger partial charge in [-0.1, -0.05) is 0 Å². The van der Waals surface area contributed by atoms with Gasteiger partial charge in [-0.15, -0.1) is 0 Å². The molecule has 0 atom stereocenters. The van der Waals surface area contributed by atoms with Gasteiger partial charge in [0.2, 0.25) is 0 Å². The lowest BCUT2D eigenvalue weighted by Gasteiger charge is -2.05. The van der Waals surface area contributed by atoms with Crippen LogP contribution in [0.2, 0.25) is 0 Å². The van der Waals surface area contributed by atoms with Gasteiger partial charge < -0.3 is 9.30 Å². The third-order valence-electron chi connectivity index (χ3n) is 2.62. The minimum Gasteiger partial charge on any atom is -0.497 e. The van der Waals surface area contributed by atoms with Crippen LogP contribution in [0.4, 0.5) is 0 Å². The maximum absolute atomic E-state index is 12.0. The molecular formula is C13H14N2O2. The van der Waals surface area contributed by atoms with Crippen LogP contribution in [0.5, 0.6) is 5.75 Å². The van der Waals surface area contributed by atoms with Crippen LogP contribution in [0, 0.1) is 0 Å². The van der Waals surface area contributed by atoms with Gasteiger partial charge in [0.1, 0.15) is 11.4 Å². The van der Waals surface area contributed by atoms with Gasteiger partial charge in [0.15, 0.2) is 0 Å². The van der Waals surface area contributed by atoms with Crippen LogP contribution in [0.1, 0.15) is 6.92 Å². The molecule has 17 heavy (non-hydrogen) atoms. The molecule has 1 heterocycles. The molecule has 0 saturated heterocycles. The highest BCUT2D eigenvalue weighted by atomic mass is 16.5. The molecule has 0 saturated carbocycles. The minimum absolute atomic E-state index is 0.0693. The normalized spacial score (nSPS) is 10.2. The van der Waals surface area contributed by atoms with Crippen molar-refractivity contribution < 1.29 is 4.74 Å². The largest absolute Gasteiger partial charge is 0.497 e. The molecule has 0 fully saturated rings. The van der Waals surface area contributed by atoms with Crippen molar-refractivity contribution in [2.24, 2.45) is 0 Å². The van der Waals surface area contributed by atoms with E-state index in [9.17, 15) is 4.79 Å². The first-order valence-electron chi connectivity index (χ1n) is 5.46. The fourth-order valence-corrected chi connectivity index (χ4v) is 1.64. The predicted molar refractivity (Wildman–Crippen MR) is 66.2 cm³/mol. The van der Waals surface area contributed by atoms with Crippen LogP contribution in [0.15, 0.2) is 41.5 Å². The summed E-state index contributed by atoms with van der Waals surface area (Å²) < 4.78 is 6.71. The van der Waals surface area contributed by atoms with Crippen molar-refractivity contribution in [2.45, 2.75) is 13.5 Å². The predicted octanol–water partition coefficient (Wildman–Crippen LogP) is 1.94. The van der Waals surface area contributed by atoms with E-state index in [1.807, 2.05) is 31.2 Å². The van der Waals surface area contributed by atoms with E-state index in [0.717, 1.165) is 11.3 Å². The van der Waals surface area contributed by atoms with Crippen molar-refractivity contribution in [3.8, 4) is 17.0 Å². The highest BCUT2D eigenvalue weighted by molar-refractivity contribution is 5.58. The molecule has 0 N–H and O–H groups in total. The van der Waals surface area contributed by atoms with Gasteiger partial charge in [0.25, 0.3) is 5.56 Å². The van der Waals surface area contributed by atoms with E-state index in [4.69, 9.17) is 4.74 Å². The van der Waals surface area contributed by atoms with Gasteiger partial charge in [-0.3, -0.25) is 4.79 Å². The number of aromatic nitrogens is 2. The summed E-state index contributed by atoms with van der Waals surface area (Å²) >= 11 is 0. The highest BCUT2D eigenvalue weighted by Crippen LogP contribution is 2.17. The van der Waals surface area contributed by atoms with Crippen LogP contribution >= 0.6 is 0 Å². The Labute approximate surface area is 99.5 Å². The second-order valence-corrected chi connectivity index (χ2v) is 3.60. The number of methoxy groups -OCH3 is 1. The Morgan fingerprint density at radius 2 is 2.00 bits per heavy atom. The molecule has 0 aliphatic rings. The van der Waals surface area contributed by atoms with E-state index in [2.05, 4.69) is 4.98 Å². The summed E-state index contributed by atoms with van der Waals surface area (Å²) in [7, 11) is 1.61. The molecule has 0 bridgehead atoms. The fraction of sp³-hybridized carbons (Fsp3) is 0.231. The van der Waals surface area contributed by atoms with Crippen molar-refractivity contribution >= 4 is 0 Å². The summed E-state index contributed by atoms with van der Waals surface area (Å²) in [5, 5.41) is 0. The van der Waals surface area contributed by atoms with Gasteiger partial charge in [-0.05, 0) is 31.2 Å². The van der Waals surface area contributed by atoms with Crippen LogP contribution in [-0.2, 0) is 6.54 Å². The van der Waals surface area contributed by atoms with E-state index in [1.54, 1.807) is 24.1 Å². The molecule has 1 aromatic heterocycles. The Morgan fingerprint density at radius 3 is 2.59 bits per heavy atom. The van der Waals surface area contributed by atoms with Gasteiger partial charge >= 0.3 is 0 Å². The van der Waals surface area contributed by atoms with Crippen molar-refractivity contribution in [1.82, 2.24) is 9.55 Å². The molecule has 0 aliphatic heterocycles. The molecule has 0 unspecified atom stereocenters. The Hall–Kier alpha value is -2.10. The summed E-state index contributed by atoms with van der Waals surface area (Å²) in [4.78, 5) is 16.2. The molecule has 0 spiro atoms. The number of aryl methyl sites for hydroxylation is 1. The van der Waals surface area contributed by atoms with Crippen molar-refractivity contribution in [1.29, 1.82) is 0 Å². The van der Waals surface area contributed by atoms with E-state index >= 15 is 0 Å². The number of benzene rings is 1. The zero-order chi connectivity index (χ0) is 12.3. The van der Waals surface area contributed by atoms with Crippen LogP contribution in [0.3, 0.4) is 0 Å². The molecule has 0 aliphatic carbocycles. The van der Waals surface area contributed by atoms with E-state index in [-0.39, 0.29) is 5.56 Å². The van der Waals surface area contributed by atoms with Gasteiger partial charge in [-0.2, -0.15) is 0 Å². The molecule has 0 radical (unpaired) electrons. The topological polar surface area (TPSA) is 44.1 Å². The lowest BCUT2D eigenvalue weighted by Crippen LogP contribution is -2.21. The van der Waals surface area contributed by atoms with Gasteiger partial charge in [0, 0.05) is 24.5 Å². The van der Waals surface area contributed by atoms with E-state index in [1.165, 1.54) is 0 Å². The number of rotatable bonds is 3. The standard InChI is InChI=1S/C13H14N2O2/c1-3-15-9-8-14-12(13(15)16)10-4-6-11(17-2)7-5-10/h4-9H,3H2,1-2H3. The van der Waals surface area contributed by atoms with Crippen LogP contribution < -0.4 is 10.3 Å². The van der Waals surface area contributed by atoms with Gasteiger partial charge in [-0.25, -0.2) is 4.98 Å². The molecule has 2 rings (SSSR count). The Balaban J connectivity index is 2.49. The minimum atomic E-state index is -0.0693. The number of ether oxygens (including phenoxy) is 1. The third-order valence-corrected chi connectivity index (χ3v) is 2.62. The molecule has 2 aromatic rings. The lowest BCUT2D eigenvalue weighted by molar-refractivity contribution is 0.415. The zero-order valence-electron chi connectivity index (χ0n) is 9.88. The number of nitrogens with zero attached hydrogens (tertiary/aromatic N) is 2. The Morgan fingerprint density at radius 1 is 1.29 bits per heavy atom. The monoisotopic (exact) mass is 230 g/mol. The molecular weight excluding hydrogens is 216 g/mol. The smallest absolute Gasteiger partial charge is 0.277 e.